The van der Waals surface area contributed by atoms with Crippen LogP contribution in [-0.2, 0) is 9.59 Å². The van der Waals surface area contributed by atoms with Crippen LogP contribution in [0.25, 0.3) is 16.5 Å². The number of amides is 1. The van der Waals surface area contributed by atoms with Gasteiger partial charge in [0.1, 0.15) is 5.76 Å². The van der Waals surface area contributed by atoms with Crippen LogP contribution in [0.4, 0.5) is 5.69 Å². The molecule has 0 aliphatic carbocycles. The summed E-state index contributed by atoms with van der Waals surface area (Å²) < 4.78 is 0. The number of carbonyl (C=O) groups excluding carboxylic acids is 2. The van der Waals surface area contributed by atoms with Crippen LogP contribution in [0.2, 0.25) is 0 Å². The van der Waals surface area contributed by atoms with Crippen LogP contribution in [0.3, 0.4) is 0 Å². The van der Waals surface area contributed by atoms with E-state index in [0.29, 0.717) is 22.4 Å². The summed E-state index contributed by atoms with van der Waals surface area (Å²) in [5.41, 5.74) is 2.01. The largest absolute Gasteiger partial charge is 0.507 e. The summed E-state index contributed by atoms with van der Waals surface area (Å²) in [7, 11) is 0. The molecule has 0 bridgehead atoms. The van der Waals surface area contributed by atoms with E-state index in [2.05, 4.69) is 4.98 Å². The summed E-state index contributed by atoms with van der Waals surface area (Å²) in [6, 6.07) is 24.0. The number of ketones is 1. The number of nitriles is 1. The van der Waals surface area contributed by atoms with Crippen LogP contribution in [-0.4, -0.2) is 21.8 Å². The minimum atomic E-state index is -0.847. The van der Waals surface area contributed by atoms with Gasteiger partial charge in [-0.1, -0.05) is 42.5 Å². The monoisotopic (exact) mass is 431 g/mol. The average Bonchev–Trinajstić information content (AvgIpc) is 3.14. The van der Waals surface area contributed by atoms with Crippen molar-refractivity contribution in [2.75, 3.05) is 4.90 Å². The molecule has 0 radical (unpaired) electrons. The minimum Gasteiger partial charge on any atom is -0.507 e. The molecule has 1 N–H and O–H groups in total. The Balaban J connectivity index is 1.76. The van der Waals surface area contributed by atoms with Crippen molar-refractivity contribution in [2.45, 2.75) is 6.04 Å². The van der Waals surface area contributed by atoms with E-state index in [1.165, 1.54) is 4.90 Å². The number of anilines is 1. The fourth-order valence-corrected chi connectivity index (χ4v) is 4.23. The SMILES string of the molecule is N#Cc1ccc(N2C(=O)C(=O)/C(=C(\O)c3cccc4ccccc34)C2c2ccncc2)cc1. The molecule has 5 rings (SSSR count). The zero-order chi connectivity index (χ0) is 22.9. The summed E-state index contributed by atoms with van der Waals surface area (Å²) in [6.45, 7) is 0. The second kappa shape index (κ2) is 8.06. The number of hydrogen-bond donors (Lipinski definition) is 1. The Morgan fingerprint density at radius 2 is 1.61 bits per heavy atom. The van der Waals surface area contributed by atoms with Gasteiger partial charge in [0, 0.05) is 23.6 Å². The van der Waals surface area contributed by atoms with Crippen molar-refractivity contribution in [3.63, 3.8) is 0 Å². The number of rotatable bonds is 3. The van der Waals surface area contributed by atoms with Crippen LogP contribution < -0.4 is 4.90 Å². The lowest BCUT2D eigenvalue weighted by Crippen LogP contribution is -2.29. The van der Waals surface area contributed by atoms with Gasteiger partial charge in [0.25, 0.3) is 11.7 Å². The molecule has 1 amide bonds. The Kier molecular flexibility index (Phi) is 4.92. The number of aliphatic hydroxyl groups is 1. The van der Waals surface area contributed by atoms with Gasteiger partial charge in [-0.3, -0.25) is 19.5 Å². The molecule has 1 aliphatic rings. The van der Waals surface area contributed by atoms with E-state index >= 15 is 0 Å². The average molecular weight is 431 g/mol. The van der Waals surface area contributed by atoms with Gasteiger partial charge in [0.05, 0.1) is 23.2 Å². The van der Waals surface area contributed by atoms with E-state index in [1.807, 2.05) is 36.4 Å². The van der Waals surface area contributed by atoms with Crippen LogP contribution in [0.15, 0.2) is 96.8 Å². The summed E-state index contributed by atoms with van der Waals surface area (Å²) >= 11 is 0. The van der Waals surface area contributed by atoms with Crippen molar-refractivity contribution >= 4 is 33.9 Å². The number of Topliss-reactive ketones (excluding diaryl/α,β-unsaturated/α-hetero) is 1. The second-order valence-electron chi connectivity index (χ2n) is 7.64. The van der Waals surface area contributed by atoms with Gasteiger partial charge in [-0.25, -0.2) is 0 Å². The molecule has 1 saturated heterocycles. The molecule has 6 heteroatoms. The number of carbonyl (C=O) groups is 2. The Morgan fingerprint density at radius 1 is 0.909 bits per heavy atom. The molecular formula is C27H17N3O3. The smallest absolute Gasteiger partial charge is 0.300 e. The zero-order valence-electron chi connectivity index (χ0n) is 17.3. The van der Waals surface area contributed by atoms with Crippen molar-refractivity contribution in [1.82, 2.24) is 4.98 Å². The molecule has 1 unspecified atom stereocenters. The Bertz CT molecular complexity index is 1460. The molecule has 0 saturated carbocycles. The lowest BCUT2D eigenvalue weighted by Gasteiger charge is -2.25. The summed E-state index contributed by atoms with van der Waals surface area (Å²) in [5.74, 6) is -1.75. The maximum atomic E-state index is 13.3. The molecule has 6 nitrogen and oxygen atoms in total. The quantitative estimate of drug-likeness (QED) is 0.287. The fourth-order valence-electron chi connectivity index (χ4n) is 4.23. The van der Waals surface area contributed by atoms with Gasteiger partial charge < -0.3 is 5.11 Å². The third kappa shape index (κ3) is 3.33. The molecule has 1 atom stereocenters. The van der Waals surface area contributed by atoms with E-state index < -0.39 is 17.7 Å². The van der Waals surface area contributed by atoms with Crippen molar-refractivity contribution in [1.29, 1.82) is 5.26 Å². The van der Waals surface area contributed by atoms with Gasteiger partial charge in [0.15, 0.2) is 0 Å². The first-order valence-corrected chi connectivity index (χ1v) is 10.3. The highest BCUT2D eigenvalue weighted by atomic mass is 16.3. The van der Waals surface area contributed by atoms with E-state index in [1.54, 1.807) is 60.9 Å². The summed E-state index contributed by atoms with van der Waals surface area (Å²) in [4.78, 5) is 31.9. The third-order valence-electron chi connectivity index (χ3n) is 5.79. The maximum Gasteiger partial charge on any atom is 0.300 e. The number of hydrogen-bond acceptors (Lipinski definition) is 5. The van der Waals surface area contributed by atoms with Gasteiger partial charge in [-0.15, -0.1) is 0 Å². The van der Waals surface area contributed by atoms with Crippen LogP contribution in [0, 0.1) is 11.3 Å². The standard InChI is InChI=1S/C27H17N3O3/c28-16-17-8-10-20(11-9-17)30-24(19-12-14-29-15-13-19)23(26(32)27(30)33)25(31)22-7-3-5-18-4-1-2-6-21(18)22/h1-15,24,31H/b25-23-. The van der Waals surface area contributed by atoms with Crippen LogP contribution >= 0.6 is 0 Å². The first-order valence-electron chi connectivity index (χ1n) is 10.3. The van der Waals surface area contributed by atoms with Gasteiger partial charge >= 0.3 is 0 Å². The molecule has 4 aromatic rings. The molecule has 1 fully saturated rings. The van der Waals surface area contributed by atoms with E-state index in [4.69, 9.17) is 5.26 Å². The van der Waals surface area contributed by atoms with Crippen molar-refractivity contribution in [3.05, 3.63) is 114 Å². The number of aromatic nitrogens is 1. The molecule has 1 aliphatic heterocycles. The number of fused-ring (bicyclic) bond motifs is 1. The molecule has 1 aromatic heterocycles. The lowest BCUT2D eigenvalue weighted by atomic mass is 9.93. The molecule has 33 heavy (non-hydrogen) atoms. The van der Waals surface area contributed by atoms with Crippen LogP contribution in [0.1, 0.15) is 22.7 Å². The Hall–Kier alpha value is -4.76. The first-order chi connectivity index (χ1) is 16.1. The topological polar surface area (TPSA) is 94.3 Å². The van der Waals surface area contributed by atoms with Crippen LogP contribution in [0.5, 0.6) is 0 Å². The number of nitrogens with zero attached hydrogens (tertiary/aromatic N) is 3. The molecule has 3 aromatic carbocycles. The highest BCUT2D eigenvalue weighted by molar-refractivity contribution is 6.51. The Morgan fingerprint density at radius 3 is 2.33 bits per heavy atom. The zero-order valence-corrected chi connectivity index (χ0v) is 17.3. The Labute approximate surface area is 189 Å². The number of benzene rings is 3. The molecule has 0 spiro atoms. The molecule has 158 valence electrons. The minimum absolute atomic E-state index is 0.00640. The summed E-state index contributed by atoms with van der Waals surface area (Å²) in [6.07, 6.45) is 3.15. The normalized spacial score (nSPS) is 17.3. The third-order valence-corrected chi connectivity index (χ3v) is 5.79. The fraction of sp³-hybridized carbons (Fsp3) is 0.0370. The van der Waals surface area contributed by atoms with Crippen molar-refractivity contribution in [2.24, 2.45) is 0 Å². The van der Waals surface area contributed by atoms with Crippen molar-refractivity contribution < 1.29 is 14.7 Å². The van der Waals surface area contributed by atoms with E-state index in [9.17, 15) is 14.7 Å². The molecule has 2 heterocycles. The lowest BCUT2D eigenvalue weighted by molar-refractivity contribution is -0.132. The number of pyridine rings is 1. The highest BCUT2D eigenvalue weighted by Gasteiger charge is 2.47. The molecular weight excluding hydrogens is 414 g/mol. The number of aliphatic hydroxyl groups excluding tert-OH is 1. The predicted molar refractivity (Wildman–Crippen MR) is 124 cm³/mol. The van der Waals surface area contributed by atoms with Gasteiger partial charge in [-0.2, -0.15) is 5.26 Å². The van der Waals surface area contributed by atoms with E-state index in [-0.39, 0.29) is 11.3 Å². The van der Waals surface area contributed by atoms with Gasteiger partial charge in [-0.05, 0) is 52.7 Å². The van der Waals surface area contributed by atoms with Crippen molar-refractivity contribution in [3.8, 4) is 6.07 Å². The van der Waals surface area contributed by atoms with E-state index in [0.717, 1.165) is 10.8 Å². The summed E-state index contributed by atoms with van der Waals surface area (Å²) in [5, 5.41) is 22.2. The predicted octanol–water partition coefficient (Wildman–Crippen LogP) is 4.73. The van der Waals surface area contributed by atoms with Gasteiger partial charge in [0.2, 0.25) is 0 Å². The second-order valence-corrected chi connectivity index (χ2v) is 7.64. The highest BCUT2D eigenvalue weighted by Crippen LogP contribution is 2.42. The first kappa shape index (κ1) is 20.2. The maximum absolute atomic E-state index is 13.3.